The van der Waals surface area contributed by atoms with E-state index in [2.05, 4.69) is 0 Å². The zero-order chi connectivity index (χ0) is 14.0. The molecule has 2 rings (SSSR count). The van der Waals surface area contributed by atoms with E-state index in [4.69, 9.17) is 5.11 Å². The summed E-state index contributed by atoms with van der Waals surface area (Å²) in [6.07, 6.45) is 1.38. The van der Waals surface area contributed by atoms with Gasteiger partial charge in [0.1, 0.15) is 0 Å². The SMILES string of the molecule is O=C(O)CCS(=O)(=O)c1ccc(C(=O)C2CC2)cc1. The molecule has 102 valence electrons. The maximum absolute atomic E-state index is 11.8. The molecule has 1 aromatic carbocycles. The summed E-state index contributed by atoms with van der Waals surface area (Å²) in [6, 6.07) is 5.72. The summed E-state index contributed by atoms with van der Waals surface area (Å²) < 4.78 is 23.6. The number of carbonyl (C=O) groups excluding carboxylic acids is 1. The van der Waals surface area contributed by atoms with Crippen LogP contribution in [0, 0.1) is 5.92 Å². The van der Waals surface area contributed by atoms with E-state index >= 15 is 0 Å². The van der Waals surface area contributed by atoms with Gasteiger partial charge in [-0.3, -0.25) is 9.59 Å². The van der Waals surface area contributed by atoms with Crippen molar-refractivity contribution < 1.29 is 23.1 Å². The van der Waals surface area contributed by atoms with Gasteiger partial charge in [-0.15, -0.1) is 0 Å². The normalized spacial score (nSPS) is 15.2. The highest BCUT2D eigenvalue weighted by Crippen LogP contribution is 2.32. The van der Waals surface area contributed by atoms with E-state index in [0.29, 0.717) is 5.56 Å². The number of rotatable bonds is 6. The Kier molecular flexibility index (Phi) is 3.71. The summed E-state index contributed by atoms with van der Waals surface area (Å²) in [5.74, 6) is -1.44. The summed E-state index contributed by atoms with van der Waals surface area (Å²) in [7, 11) is -3.59. The standard InChI is InChI=1S/C13H14O5S/c14-12(15)7-8-19(17,18)11-5-3-10(4-6-11)13(16)9-1-2-9/h3-6,9H,1-2,7-8H2,(H,14,15). The number of hydrogen-bond donors (Lipinski definition) is 1. The monoisotopic (exact) mass is 282 g/mol. The van der Waals surface area contributed by atoms with Gasteiger partial charge < -0.3 is 5.11 Å². The largest absolute Gasteiger partial charge is 0.481 e. The first-order valence-electron chi connectivity index (χ1n) is 5.99. The van der Waals surface area contributed by atoms with Gasteiger partial charge in [0.05, 0.1) is 17.1 Å². The Bertz CT molecular complexity index is 596. The van der Waals surface area contributed by atoms with Crippen LogP contribution in [0.4, 0.5) is 0 Å². The Morgan fingerprint density at radius 1 is 1.16 bits per heavy atom. The highest BCUT2D eigenvalue weighted by molar-refractivity contribution is 7.91. The number of sulfone groups is 1. The van der Waals surface area contributed by atoms with Crippen molar-refractivity contribution in [2.75, 3.05) is 5.75 Å². The first kappa shape index (κ1) is 13.7. The van der Waals surface area contributed by atoms with Crippen LogP contribution in [-0.4, -0.2) is 31.0 Å². The lowest BCUT2D eigenvalue weighted by Crippen LogP contribution is -2.11. The zero-order valence-electron chi connectivity index (χ0n) is 10.2. The fraction of sp³-hybridized carbons (Fsp3) is 0.385. The minimum absolute atomic E-state index is 0.0504. The smallest absolute Gasteiger partial charge is 0.304 e. The van der Waals surface area contributed by atoms with Crippen molar-refractivity contribution in [3.05, 3.63) is 29.8 Å². The molecule has 5 nitrogen and oxygen atoms in total. The summed E-state index contributed by atoms with van der Waals surface area (Å²) in [5, 5.41) is 8.50. The lowest BCUT2D eigenvalue weighted by molar-refractivity contribution is -0.136. The maximum atomic E-state index is 11.8. The third kappa shape index (κ3) is 3.41. The first-order valence-corrected chi connectivity index (χ1v) is 7.64. The Balaban J connectivity index is 2.12. The number of ketones is 1. The van der Waals surface area contributed by atoms with Crippen LogP contribution >= 0.6 is 0 Å². The number of hydrogen-bond acceptors (Lipinski definition) is 4. The first-order chi connectivity index (χ1) is 8.90. The molecule has 0 spiro atoms. The van der Waals surface area contributed by atoms with E-state index in [1.54, 1.807) is 0 Å². The molecule has 0 unspecified atom stereocenters. The number of carbonyl (C=O) groups is 2. The Morgan fingerprint density at radius 2 is 1.74 bits per heavy atom. The van der Waals surface area contributed by atoms with Crippen molar-refractivity contribution in [2.24, 2.45) is 5.92 Å². The molecular formula is C13H14O5S. The Labute approximate surface area is 111 Å². The molecule has 0 aliphatic heterocycles. The highest BCUT2D eigenvalue weighted by atomic mass is 32.2. The van der Waals surface area contributed by atoms with Crippen molar-refractivity contribution >= 4 is 21.6 Å². The number of aliphatic carboxylic acids is 1. The lowest BCUT2D eigenvalue weighted by atomic mass is 10.1. The molecule has 1 saturated carbocycles. The van der Waals surface area contributed by atoms with Crippen molar-refractivity contribution in [2.45, 2.75) is 24.2 Å². The average Bonchev–Trinajstić information content (AvgIpc) is 3.20. The Morgan fingerprint density at radius 3 is 2.21 bits per heavy atom. The minimum Gasteiger partial charge on any atom is -0.481 e. The third-order valence-electron chi connectivity index (χ3n) is 3.03. The molecule has 1 aliphatic carbocycles. The van der Waals surface area contributed by atoms with Gasteiger partial charge in [-0.05, 0) is 25.0 Å². The quantitative estimate of drug-likeness (QED) is 0.799. The van der Waals surface area contributed by atoms with E-state index in [1.165, 1.54) is 24.3 Å². The second-order valence-corrected chi connectivity index (χ2v) is 6.73. The summed E-state index contributed by atoms with van der Waals surface area (Å²) in [6.45, 7) is 0. The van der Waals surface area contributed by atoms with Crippen LogP contribution in [0.2, 0.25) is 0 Å². The predicted molar refractivity (Wildman–Crippen MR) is 67.8 cm³/mol. The molecular weight excluding hydrogens is 268 g/mol. The van der Waals surface area contributed by atoms with Gasteiger partial charge in [0.2, 0.25) is 0 Å². The summed E-state index contributed by atoms with van der Waals surface area (Å²) in [4.78, 5) is 22.2. The van der Waals surface area contributed by atoms with E-state index in [-0.39, 0.29) is 16.6 Å². The van der Waals surface area contributed by atoms with Gasteiger partial charge in [-0.1, -0.05) is 12.1 Å². The van der Waals surface area contributed by atoms with E-state index < -0.39 is 28.0 Å². The van der Waals surface area contributed by atoms with Gasteiger partial charge in [0, 0.05) is 11.5 Å². The lowest BCUT2D eigenvalue weighted by Gasteiger charge is -2.04. The number of benzene rings is 1. The van der Waals surface area contributed by atoms with E-state index in [9.17, 15) is 18.0 Å². The molecule has 1 fully saturated rings. The second kappa shape index (κ2) is 5.13. The van der Waals surface area contributed by atoms with E-state index in [1.807, 2.05) is 0 Å². The molecule has 0 bridgehead atoms. The van der Waals surface area contributed by atoms with E-state index in [0.717, 1.165) is 12.8 Å². The molecule has 19 heavy (non-hydrogen) atoms. The predicted octanol–water partition coefficient (Wildman–Crippen LogP) is 1.53. The molecule has 0 radical (unpaired) electrons. The highest BCUT2D eigenvalue weighted by Gasteiger charge is 2.30. The number of Topliss-reactive ketones (excluding diaryl/α,β-unsaturated/α-hetero) is 1. The molecule has 6 heteroatoms. The zero-order valence-corrected chi connectivity index (χ0v) is 11.0. The van der Waals surface area contributed by atoms with Gasteiger partial charge >= 0.3 is 5.97 Å². The topological polar surface area (TPSA) is 88.5 Å². The van der Waals surface area contributed by atoms with Crippen molar-refractivity contribution in [1.82, 2.24) is 0 Å². The van der Waals surface area contributed by atoms with Gasteiger partial charge in [0.15, 0.2) is 15.6 Å². The van der Waals surface area contributed by atoms with Gasteiger partial charge in [-0.25, -0.2) is 8.42 Å². The van der Waals surface area contributed by atoms with Crippen LogP contribution in [0.25, 0.3) is 0 Å². The van der Waals surface area contributed by atoms with Crippen LogP contribution < -0.4 is 0 Å². The van der Waals surface area contributed by atoms with Crippen LogP contribution in [0.5, 0.6) is 0 Å². The van der Waals surface area contributed by atoms with Gasteiger partial charge in [-0.2, -0.15) is 0 Å². The van der Waals surface area contributed by atoms with Crippen LogP contribution in [-0.2, 0) is 14.6 Å². The second-order valence-electron chi connectivity index (χ2n) is 4.63. The number of carboxylic acids is 1. The molecule has 1 aromatic rings. The van der Waals surface area contributed by atoms with Crippen molar-refractivity contribution in [3.63, 3.8) is 0 Å². The fourth-order valence-electron chi connectivity index (χ4n) is 1.75. The summed E-state index contributed by atoms with van der Waals surface area (Å²) in [5.41, 5.74) is 0.514. The molecule has 1 N–H and O–H groups in total. The molecule has 0 saturated heterocycles. The molecule has 0 atom stereocenters. The average molecular weight is 282 g/mol. The maximum Gasteiger partial charge on any atom is 0.304 e. The van der Waals surface area contributed by atoms with Crippen LogP contribution in [0.3, 0.4) is 0 Å². The van der Waals surface area contributed by atoms with Crippen molar-refractivity contribution in [1.29, 1.82) is 0 Å². The summed E-state index contributed by atoms with van der Waals surface area (Å²) >= 11 is 0. The minimum atomic E-state index is -3.59. The number of carboxylic acid groups (broad SMARTS) is 1. The van der Waals surface area contributed by atoms with Crippen molar-refractivity contribution in [3.8, 4) is 0 Å². The van der Waals surface area contributed by atoms with Crippen LogP contribution in [0.15, 0.2) is 29.2 Å². The molecule has 0 amide bonds. The Hall–Kier alpha value is -1.69. The molecule has 1 aliphatic rings. The fourth-order valence-corrected chi connectivity index (χ4v) is 2.98. The van der Waals surface area contributed by atoms with Crippen LogP contribution in [0.1, 0.15) is 29.6 Å². The molecule has 0 heterocycles. The third-order valence-corrected chi connectivity index (χ3v) is 4.76. The van der Waals surface area contributed by atoms with Gasteiger partial charge in [0.25, 0.3) is 0 Å². The molecule has 0 aromatic heterocycles.